The van der Waals surface area contributed by atoms with Gasteiger partial charge in [-0.1, -0.05) is 18.5 Å². The van der Waals surface area contributed by atoms with Crippen LogP contribution < -0.4 is 4.72 Å². The molecule has 0 aliphatic rings. The SMILES string of the molecule is CC[C@H](CO)NS(=O)(=O)c1cc(Br)cnc1Cl. The molecule has 17 heavy (non-hydrogen) atoms. The molecule has 0 spiro atoms. The van der Waals surface area contributed by atoms with Gasteiger partial charge in [-0.25, -0.2) is 18.1 Å². The van der Waals surface area contributed by atoms with E-state index in [-0.39, 0.29) is 16.7 Å². The third-order valence-electron chi connectivity index (χ3n) is 2.10. The van der Waals surface area contributed by atoms with Crippen LogP contribution in [0.1, 0.15) is 13.3 Å². The van der Waals surface area contributed by atoms with E-state index in [1.165, 1.54) is 12.3 Å². The predicted molar refractivity (Wildman–Crippen MR) is 68.4 cm³/mol. The molecule has 0 radical (unpaired) electrons. The molecule has 0 bridgehead atoms. The topological polar surface area (TPSA) is 79.3 Å². The number of halogens is 2. The summed E-state index contributed by atoms with van der Waals surface area (Å²) in [5.74, 6) is 0. The lowest BCUT2D eigenvalue weighted by Gasteiger charge is -2.14. The van der Waals surface area contributed by atoms with Gasteiger partial charge in [-0.15, -0.1) is 0 Å². The number of hydrogen-bond acceptors (Lipinski definition) is 4. The highest BCUT2D eigenvalue weighted by Gasteiger charge is 2.22. The zero-order valence-electron chi connectivity index (χ0n) is 9.02. The molecule has 0 saturated carbocycles. The van der Waals surface area contributed by atoms with Crippen LogP contribution in [0.25, 0.3) is 0 Å². The van der Waals surface area contributed by atoms with Crippen molar-refractivity contribution in [1.29, 1.82) is 0 Å². The fourth-order valence-electron chi connectivity index (χ4n) is 1.13. The zero-order valence-corrected chi connectivity index (χ0v) is 12.2. The molecule has 0 unspecified atom stereocenters. The standard InChI is InChI=1S/C9H12BrClN2O3S/c1-2-7(5-14)13-17(15,16)8-3-6(10)4-12-9(8)11/h3-4,7,13-14H,2,5H2,1H3/t7-/m1/s1. The minimum Gasteiger partial charge on any atom is -0.395 e. The molecule has 0 aromatic carbocycles. The molecule has 1 heterocycles. The average molecular weight is 344 g/mol. The molecule has 1 aromatic rings. The van der Waals surface area contributed by atoms with Gasteiger partial charge in [0.25, 0.3) is 0 Å². The first kappa shape index (κ1) is 14.8. The number of hydrogen-bond donors (Lipinski definition) is 2. The molecule has 1 rings (SSSR count). The molecule has 1 atom stereocenters. The van der Waals surface area contributed by atoms with E-state index >= 15 is 0 Å². The predicted octanol–water partition coefficient (Wildman–Crippen LogP) is 1.55. The van der Waals surface area contributed by atoms with E-state index in [1.807, 2.05) is 0 Å². The number of nitrogens with one attached hydrogen (secondary N) is 1. The molecule has 0 amide bonds. The molecule has 8 heteroatoms. The summed E-state index contributed by atoms with van der Waals surface area (Å²) in [5, 5.41) is 8.87. The van der Waals surface area contributed by atoms with Crippen molar-refractivity contribution < 1.29 is 13.5 Å². The van der Waals surface area contributed by atoms with E-state index < -0.39 is 16.1 Å². The van der Waals surface area contributed by atoms with Gasteiger partial charge in [0.2, 0.25) is 10.0 Å². The van der Waals surface area contributed by atoms with Crippen molar-refractivity contribution in [2.24, 2.45) is 0 Å². The van der Waals surface area contributed by atoms with E-state index in [9.17, 15) is 8.42 Å². The lowest BCUT2D eigenvalue weighted by atomic mass is 10.3. The van der Waals surface area contributed by atoms with Crippen LogP contribution in [0.5, 0.6) is 0 Å². The van der Waals surface area contributed by atoms with Crippen molar-refractivity contribution in [2.75, 3.05) is 6.61 Å². The number of aromatic nitrogens is 1. The Bertz CT molecular complexity index is 491. The third kappa shape index (κ3) is 3.89. The largest absolute Gasteiger partial charge is 0.395 e. The molecule has 0 fully saturated rings. The fraction of sp³-hybridized carbons (Fsp3) is 0.444. The van der Waals surface area contributed by atoms with Crippen LogP contribution in [0.4, 0.5) is 0 Å². The van der Waals surface area contributed by atoms with Crippen LogP contribution in [0.15, 0.2) is 21.6 Å². The van der Waals surface area contributed by atoms with E-state index in [0.717, 1.165) is 0 Å². The summed E-state index contributed by atoms with van der Waals surface area (Å²) in [4.78, 5) is 3.63. The molecule has 0 aliphatic carbocycles. The van der Waals surface area contributed by atoms with Gasteiger partial charge >= 0.3 is 0 Å². The summed E-state index contributed by atoms with van der Waals surface area (Å²) >= 11 is 8.86. The summed E-state index contributed by atoms with van der Waals surface area (Å²) in [7, 11) is -3.77. The Balaban J connectivity index is 3.09. The maximum Gasteiger partial charge on any atom is 0.244 e. The third-order valence-corrected chi connectivity index (χ3v) is 4.48. The van der Waals surface area contributed by atoms with Crippen molar-refractivity contribution in [3.8, 4) is 0 Å². The fourth-order valence-corrected chi connectivity index (χ4v) is 3.38. The van der Waals surface area contributed by atoms with Gasteiger partial charge in [0, 0.05) is 16.7 Å². The van der Waals surface area contributed by atoms with Crippen molar-refractivity contribution >= 4 is 37.6 Å². The Morgan fingerprint density at radius 1 is 1.65 bits per heavy atom. The summed E-state index contributed by atoms with van der Waals surface area (Å²) < 4.78 is 26.8. The van der Waals surface area contributed by atoms with Gasteiger partial charge < -0.3 is 5.11 Å². The van der Waals surface area contributed by atoms with Crippen LogP contribution in [-0.4, -0.2) is 31.2 Å². The molecule has 1 aromatic heterocycles. The first-order valence-electron chi connectivity index (χ1n) is 4.85. The van der Waals surface area contributed by atoms with Crippen molar-refractivity contribution in [3.63, 3.8) is 0 Å². The van der Waals surface area contributed by atoms with Gasteiger partial charge in [-0.3, -0.25) is 0 Å². The Hall–Kier alpha value is -0.210. The average Bonchev–Trinajstić information content (AvgIpc) is 2.29. The Kier molecular flexibility index (Phi) is 5.33. The van der Waals surface area contributed by atoms with E-state index in [2.05, 4.69) is 25.6 Å². The van der Waals surface area contributed by atoms with Gasteiger partial charge in [-0.2, -0.15) is 0 Å². The molecule has 2 N–H and O–H groups in total. The minimum absolute atomic E-state index is 0.103. The lowest BCUT2D eigenvalue weighted by Crippen LogP contribution is -2.37. The number of aliphatic hydroxyl groups is 1. The highest BCUT2D eigenvalue weighted by Crippen LogP contribution is 2.22. The van der Waals surface area contributed by atoms with Crippen molar-refractivity contribution in [2.45, 2.75) is 24.3 Å². The maximum absolute atomic E-state index is 12.0. The van der Waals surface area contributed by atoms with Crippen LogP contribution in [-0.2, 0) is 10.0 Å². The summed E-state index contributed by atoms with van der Waals surface area (Å²) in [6.45, 7) is 1.50. The number of pyridine rings is 1. The summed E-state index contributed by atoms with van der Waals surface area (Å²) in [6.07, 6.45) is 1.89. The zero-order chi connectivity index (χ0) is 13.1. The Morgan fingerprint density at radius 3 is 2.82 bits per heavy atom. The van der Waals surface area contributed by atoms with Gasteiger partial charge in [0.05, 0.1) is 6.61 Å². The molecule has 5 nitrogen and oxygen atoms in total. The molecular weight excluding hydrogens is 332 g/mol. The molecular formula is C9H12BrClN2O3S. The number of rotatable bonds is 5. The Morgan fingerprint density at radius 2 is 2.29 bits per heavy atom. The second-order valence-electron chi connectivity index (χ2n) is 3.35. The summed E-state index contributed by atoms with van der Waals surface area (Å²) in [6, 6.07) is 0.830. The molecule has 96 valence electrons. The monoisotopic (exact) mass is 342 g/mol. The Labute approximate surface area is 113 Å². The second-order valence-corrected chi connectivity index (χ2v) is 6.31. The number of nitrogens with zero attached hydrogens (tertiary/aromatic N) is 1. The van der Waals surface area contributed by atoms with Gasteiger partial charge in [0.1, 0.15) is 10.0 Å². The first-order chi connectivity index (χ1) is 7.90. The normalized spacial score (nSPS) is 13.6. The smallest absolute Gasteiger partial charge is 0.244 e. The number of sulfonamides is 1. The molecule has 0 aliphatic heterocycles. The molecule has 0 saturated heterocycles. The highest BCUT2D eigenvalue weighted by molar-refractivity contribution is 9.10. The van der Waals surface area contributed by atoms with E-state index in [4.69, 9.17) is 16.7 Å². The van der Waals surface area contributed by atoms with Crippen LogP contribution in [0.2, 0.25) is 5.15 Å². The number of aliphatic hydroxyl groups excluding tert-OH is 1. The van der Waals surface area contributed by atoms with Gasteiger partial charge in [-0.05, 0) is 28.4 Å². The van der Waals surface area contributed by atoms with E-state index in [0.29, 0.717) is 10.9 Å². The van der Waals surface area contributed by atoms with Crippen LogP contribution >= 0.6 is 27.5 Å². The summed E-state index contributed by atoms with van der Waals surface area (Å²) in [5.41, 5.74) is 0. The van der Waals surface area contributed by atoms with Crippen LogP contribution in [0, 0.1) is 0 Å². The quantitative estimate of drug-likeness (QED) is 0.795. The maximum atomic E-state index is 12.0. The highest BCUT2D eigenvalue weighted by atomic mass is 79.9. The lowest BCUT2D eigenvalue weighted by molar-refractivity contribution is 0.254. The van der Waals surface area contributed by atoms with Crippen molar-refractivity contribution in [3.05, 3.63) is 21.9 Å². The van der Waals surface area contributed by atoms with E-state index in [1.54, 1.807) is 6.92 Å². The minimum atomic E-state index is -3.77. The van der Waals surface area contributed by atoms with Crippen LogP contribution in [0.3, 0.4) is 0 Å². The second kappa shape index (κ2) is 6.10. The van der Waals surface area contributed by atoms with Crippen molar-refractivity contribution in [1.82, 2.24) is 9.71 Å². The van der Waals surface area contributed by atoms with Gasteiger partial charge in [0.15, 0.2) is 0 Å². The first-order valence-corrected chi connectivity index (χ1v) is 7.50.